The third-order valence-corrected chi connectivity index (χ3v) is 6.18. The van der Waals surface area contributed by atoms with E-state index in [2.05, 4.69) is 5.32 Å². The second-order valence-electron chi connectivity index (χ2n) is 6.24. The Balaban J connectivity index is 1.62. The number of halogens is 3. The number of carbonyl (C=O) groups is 3. The molecule has 0 spiro atoms. The van der Waals surface area contributed by atoms with Crippen LogP contribution in [0.5, 0.6) is 0 Å². The fraction of sp³-hybridized carbons (Fsp3) is 0. The molecular weight excluding hydrogens is 483 g/mol. The first-order valence-corrected chi connectivity index (χ1v) is 10.7. The van der Waals surface area contributed by atoms with Gasteiger partial charge in [0.1, 0.15) is 11.3 Å². The molecule has 31 heavy (non-hydrogen) atoms. The molecule has 156 valence electrons. The second-order valence-corrected chi connectivity index (χ2v) is 8.54. The van der Waals surface area contributed by atoms with Gasteiger partial charge in [-0.1, -0.05) is 52.6 Å². The van der Waals surface area contributed by atoms with Crippen molar-refractivity contribution in [2.45, 2.75) is 9.99 Å². The molecule has 0 bridgehead atoms. The maximum Gasteiger partial charge on any atom is 0.336 e. The molecule has 1 saturated heterocycles. The van der Waals surface area contributed by atoms with Crippen molar-refractivity contribution in [1.29, 1.82) is 0 Å². The summed E-state index contributed by atoms with van der Waals surface area (Å²) < 4.78 is 5.70. The number of urea groups is 1. The van der Waals surface area contributed by atoms with Crippen LogP contribution in [0.3, 0.4) is 0 Å². The van der Waals surface area contributed by atoms with E-state index in [0.717, 1.165) is 9.80 Å². The number of barbiturate groups is 1. The third kappa shape index (κ3) is 4.50. The highest BCUT2D eigenvalue weighted by molar-refractivity contribution is 7.99. The van der Waals surface area contributed by atoms with E-state index in [-0.39, 0.29) is 27.1 Å². The SMILES string of the molecule is O=C1NC(=O)N(c2cccc(Cl)c2Cl)C(=O)/C1=C/c1ccc(Sc2ccc(Cl)cc2)o1. The number of amides is 4. The van der Waals surface area contributed by atoms with Crippen molar-refractivity contribution in [3.05, 3.63) is 81.0 Å². The standard InChI is InChI=1S/C21H11Cl3N2O4S/c22-11-4-7-13(8-5-11)31-17-9-6-12(30-17)10-14-19(27)25-21(29)26(20(14)28)16-3-1-2-15(23)18(16)24/h1-10H,(H,25,27,29)/b14-10+. The average molecular weight is 494 g/mol. The zero-order chi connectivity index (χ0) is 22.1. The Hall–Kier alpha value is -2.71. The minimum Gasteiger partial charge on any atom is -0.450 e. The van der Waals surface area contributed by atoms with E-state index in [9.17, 15) is 14.4 Å². The third-order valence-electron chi connectivity index (χ3n) is 4.19. The lowest BCUT2D eigenvalue weighted by Gasteiger charge is -2.27. The van der Waals surface area contributed by atoms with Crippen molar-refractivity contribution in [1.82, 2.24) is 5.32 Å². The van der Waals surface area contributed by atoms with Crippen LogP contribution in [0.15, 0.2) is 74.6 Å². The minimum atomic E-state index is -0.922. The summed E-state index contributed by atoms with van der Waals surface area (Å²) in [6.07, 6.45) is 1.27. The van der Waals surface area contributed by atoms with Crippen LogP contribution in [0.25, 0.3) is 6.08 Å². The van der Waals surface area contributed by atoms with Crippen molar-refractivity contribution < 1.29 is 18.8 Å². The number of carbonyl (C=O) groups excluding carboxylic acids is 3. The molecule has 1 N–H and O–H groups in total. The van der Waals surface area contributed by atoms with Crippen LogP contribution in [0, 0.1) is 0 Å². The van der Waals surface area contributed by atoms with Crippen molar-refractivity contribution >= 4 is 76.2 Å². The number of rotatable bonds is 4. The van der Waals surface area contributed by atoms with Crippen LogP contribution in [0.1, 0.15) is 5.76 Å². The normalized spacial score (nSPS) is 15.5. The van der Waals surface area contributed by atoms with Crippen LogP contribution >= 0.6 is 46.6 Å². The van der Waals surface area contributed by atoms with Crippen LogP contribution in [0.4, 0.5) is 10.5 Å². The average Bonchev–Trinajstić information content (AvgIpc) is 3.17. The van der Waals surface area contributed by atoms with Crippen LogP contribution < -0.4 is 10.2 Å². The van der Waals surface area contributed by atoms with Gasteiger partial charge in [-0.15, -0.1) is 0 Å². The number of hydrogen-bond donors (Lipinski definition) is 1. The zero-order valence-electron chi connectivity index (χ0n) is 15.4. The van der Waals surface area contributed by atoms with Crippen LogP contribution in [-0.2, 0) is 9.59 Å². The van der Waals surface area contributed by atoms with Gasteiger partial charge < -0.3 is 4.42 Å². The van der Waals surface area contributed by atoms with Gasteiger partial charge in [0.05, 0.1) is 15.7 Å². The first-order valence-electron chi connectivity index (χ1n) is 8.72. The lowest BCUT2D eigenvalue weighted by atomic mass is 10.1. The molecule has 1 fully saturated rings. The van der Waals surface area contributed by atoms with Gasteiger partial charge in [0.15, 0.2) is 5.09 Å². The summed E-state index contributed by atoms with van der Waals surface area (Å²) in [7, 11) is 0. The van der Waals surface area contributed by atoms with E-state index >= 15 is 0 Å². The highest BCUT2D eigenvalue weighted by Gasteiger charge is 2.38. The molecule has 4 amide bonds. The molecule has 1 aromatic heterocycles. The van der Waals surface area contributed by atoms with Crippen LogP contribution in [0.2, 0.25) is 15.1 Å². The number of benzene rings is 2. The van der Waals surface area contributed by atoms with Crippen molar-refractivity contribution in [2.75, 3.05) is 4.90 Å². The quantitative estimate of drug-likeness (QED) is 0.353. The molecule has 0 saturated carbocycles. The van der Waals surface area contributed by atoms with Gasteiger partial charge in [-0.25, -0.2) is 9.69 Å². The van der Waals surface area contributed by atoms with E-state index in [1.165, 1.54) is 36.0 Å². The predicted octanol–water partition coefficient (Wildman–Crippen LogP) is 6.06. The number of anilines is 1. The molecule has 2 aromatic carbocycles. The smallest absolute Gasteiger partial charge is 0.336 e. The van der Waals surface area contributed by atoms with E-state index < -0.39 is 17.8 Å². The molecule has 1 aliphatic heterocycles. The van der Waals surface area contributed by atoms with Crippen molar-refractivity contribution in [2.24, 2.45) is 0 Å². The molecular formula is C21H11Cl3N2O4S. The van der Waals surface area contributed by atoms with Gasteiger partial charge in [0, 0.05) is 9.92 Å². The van der Waals surface area contributed by atoms with E-state index in [1.807, 2.05) is 12.1 Å². The Morgan fingerprint density at radius 3 is 2.42 bits per heavy atom. The zero-order valence-corrected chi connectivity index (χ0v) is 18.5. The lowest BCUT2D eigenvalue weighted by Crippen LogP contribution is -2.54. The molecule has 10 heteroatoms. The first kappa shape index (κ1) is 21.5. The fourth-order valence-electron chi connectivity index (χ4n) is 2.77. The molecule has 1 aliphatic rings. The molecule has 0 radical (unpaired) electrons. The lowest BCUT2D eigenvalue weighted by molar-refractivity contribution is -0.122. The highest BCUT2D eigenvalue weighted by Crippen LogP contribution is 2.35. The Kier molecular flexibility index (Phi) is 6.11. The van der Waals surface area contributed by atoms with Gasteiger partial charge in [-0.05, 0) is 54.6 Å². The maximum atomic E-state index is 13.0. The topological polar surface area (TPSA) is 79.6 Å². The molecule has 0 unspecified atom stereocenters. The van der Waals surface area contributed by atoms with E-state index in [1.54, 1.807) is 24.3 Å². The Morgan fingerprint density at radius 1 is 0.935 bits per heavy atom. The molecule has 0 atom stereocenters. The first-order chi connectivity index (χ1) is 14.8. The predicted molar refractivity (Wildman–Crippen MR) is 120 cm³/mol. The van der Waals surface area contributed by atoms with Gasteiger partial charge >= 0.3 is 6.03 Å². The molecule has 0 aliphatic carbocycles. The highest BCUT2D eigenvalue weighted by atomic mass is 35.5. The Labute approximate surface area is 195 Å². The molecule has 4 rings (SSSR count). The van der Waals surface area contributed by atoms with Crippen LogP contribution in [-0.4, -0.2) is 17.8 Å². The minimum absolute atomic E-state index is 0.0148. The van der Waals surface area contributed by atoms with Crippen molar-refractivity contribution in [3.63, 3.8) is 0 Å². The van der Waals surface area contributed by atoms with Gasteiger partial charge in [-0.2, -0.15) is 0 Å². The number of nitrogens with one attached hydrogen (secondary N) is 1. The summed E-state index contributed by atoms with van der Waals surface area (Å²) in [6.45, 7) is 0. The largest absolute Gasteiger partial charge is 0.450 e. The van der Waals surface area contributed by atoms with Gasteiger partial charge in [-0.3, -0.25) is 14.9 Å². The van der Waals surface area contributed by atoms with E-state index in [0.29, 0.717) is 10.1 Å². The van der Waals surface area contributed by atoms with Gasteiger partial charge in [0.2, 0.25) is 0 Å². The summed E-state index contributed by atoms with van der Waals surface area (Å²) in [5.41, 5.74) is -0.221. The van der Waals surface area contributed by atoms with E-state index in [4.69, 9.17) is 39.2 Å². The summed E-state index contributed by atoms with van der Waals surface area (Å²) in [5.74, 6) is -1.42. The Bertz CT molecular complexity index is 1240. The molecule has 6 nitrogen and oxygen atoms in total. The number of nitrogens with zero attached hydrogens (tertiary/aromatic N) is 1. The summed E-state index contributed by atoms with van der Waals surface area (Å²) in [4.78, 5) is 39.2. The second kappa shape index (κ2) is 8.80. The fourth-order valence-corrected chi connectivity index (χ4v) is 4.05. The number of furan rings is 1. The number of imide groups is 2. The van der Waals surface area contributed by atoms with Crippen molar-refractivity contribution in [3.8, 4) is 0 Å². The molecule has 2 heterocycles. The molecule has 3 aromatic rings. The monoisotopic (exact) mass is 492 g/mol. The summed E-state index contributed by atoms with van der Waals surface area (Å²) in [6, 6.07) is 14.1. The summed E-state index contributed by atoms with van der Waals surface area (Å²) >= 11 is 19.4. The summed E-state index contributed by atoms with van der Waals surface area (Å²) in [5, 5.41) is 3.47. The van der Waals surface area contributed by atoms with Gasteiger partial charge in [0.25, 0.3) is 11.8 Å². The maximum absolute atomic E-state index is 13.0. The number of hydrogen-bond acceptors (Lipinski definition) is 5. The Morgan fingerprint density at radius 2 is 1.68 bits per heavy atom.